The lowest BCUT2D eigenvalue weighted by Gasteiger charge is -2.27. The van der Waals surface area contributed by atoms with Gasteiger partial charge in [0.1, 0.15) is 6.04 Å². The van der Waals surface area contributed by atoms with Crippen molar-refractivity contribution in [3.8, 4) is 0 Å². The summed E-state index contributed by atoms with van der Waals surface area (Å²) < 4.78 is 5.05. The molecule has 5 nitrogen and oxygen atoms in total. The highest BCUT2D eigenvalue weighted by molar-refractivity contribution is 7.07. The van der Waals surface area contributed by atoms with Gasteiger partial charge in [0.15, 0.2) is 5.76 Å². The van der Waals surface area contributed by atoms with Gasteiger partial charge in [0.05, 0.1) is 12.3 Å². The minimum absolute atomic E-state index is 0.0476. The highest BCUT2D eigenvalue weighted by atomic mass is 32.1. The molecule has 1 aliphatic rings. The minimum atomic E-state index is -0.572. The van der Waals surface area contributed by atoms with Gasteiger partial charge in [-0.1, -0.05) is 0 Å². The van der Waals surface area contributed by atoms with Crippen molar-refractivity contribution in [2.24, 2.45) is 0 Å². The van der Waals surface area contributed by atoms with Gasteiger partial charge in [-0.2, -0.15) is 11.3 Å². The van der Waals surface area contributed by atoms with Gasteiger partial charge in [-0.3, -0.25) is 9.59 Å². The maximum absolute atomic E-state index is 12.6. The Balaban J connectivity index is 1.66. The molecule has 0 radical (unpaired) electrons. The van der Waals surface area contributed by atoms with Crippen LogP contribution in [0.1, 0.15) is 41.9 Å². The van der Waals surface area contributed by atoms with Crippen molar-refractivity contribution < 1.29 is 14.0 Å². The molecule has 2 aromatic rings. The number of thiophene rings is 1. The Bertz CT molecular complexity index is 636. The van der Waals surface area contributed by atoms with Crippen LogP contribution >= 0.6 is 11.3 Å². The first-order chi connectivity index (χ1) is 10.7. The van der Waals surface area contributed by atoms with Gasteiger partial charge >= 0.3 is 0 Å². The molecule has 1 aliphatic heterocycles. The molecule has 0 aromatic carbocycles. The van der Waals surface area contributed by atoms with E-state index in [1.54, 1.807) is 30.4 Å². The Morgan fingerprint density at radius 2 is 2.32 bits per heavy atom. The number of furan rings is 1. The summed E-state index contributed by atoms with van der Waals surface area (Å²) in [4.78, 5) is 26.5. The molecule has 116 valence electrons. The molecule has 1 N–H and O–H groups in total. The van der Waals surface area contributed by atoms with Crippen LogP contribution < -0.4 is 5.32 Å². The first-order valence-electron chi connectivity index (χ1n) is 7.34. The zero-order chi connectivity index (χ0) is 15.5. The molecule has 0 saturated carbocycles. The summed E-state index contributed by atoms with van der Waals surface area (Å²) >= 11 is 1.64. The Morgan fingerprint density at radius 3 is 3.00 bits per heavy atom. The lowest BCUT2D eigenvalue weighted by atomic mass is 10.1. The highest BCUT2D eigenvalue weighted by Gasteiger charge is 2.33. The molecule has 1 fully saturated rings. The van der Waals surface area contributed by atoms with Gasteiger partial charge in [-0.25, -0.2) is 0 Å². The van der Waals surface area contributed by atoms with Gasteiger partial charge in [0.25, 0.3) is 5.91 Å². The molecule has 3 heterocycles. The van der Waals surface area contributed by atoms with Crippen molar-refractivity contribution in [3.05, 3.63) is 46.5 Å². The summed E-state index contributed by atoms with van der Waals surface area (Å²) in [6.45, 7) is 2.45. The van der Waals surface area contributed by atoms with E-state index in [2.05, 4.69) is 16.8 Å². The van der Waals surface area contributed by atoms with Gasteiger partial charge in [-0.15, -0.1) is 0 Å². The lowest BCUT2D eigenvalue weighted by molar-refractivity contribution is -0.133. The van der Waals surface area contributed by atoms with E-state index in [4.69, 9.17) is 4.42 Å². The second kappa shape index (κ2) is 6.36. The molecule has 0 spiro atoms. The monoisotopic (exact) mass is 318 g/mol. The quantitative estimate of drug-likeness (QED) is 0.943. The number of nitrogens with one attached hydrogen (secondary N) is 1. The first-order valence-corrected chi connectivity index (χ1v) is 8.28. The zero-order valence-electron chi connectivity index (χ0n) is 12.3. The molecule has 0 bridgehead atoms. The summed E-state index contributed by atoms with van der Waals surface area (Å²) in [5, 5.41) is 6.82. The zero-order valence-corrected chi connectivity index (χ0v) is 13.1. The average molecular weight is 318 g/mol. The van der Waals surface area contributed by atoms with E-state index < -0.39 is 6.04 Å². The number of hydrogen-bond donors (Lipinski definition) is 1. The molecule has 0 unspecified atom stereocenters. The van der Waals surface area contributed by atoms with Crippen molar-refractivity contribution in [3.63, 3.8) is 0 Å². The van der Waals surface area contributed by atoms with Crippen molar-refractivity contribution >= 4 is 23.2 Å². The van der Waals surface area contributed by atoms with Gasteiger partial charge in [0.2, 0.25) is 5.91 Å². The Hall–Kier alpha value is -2.08. The molecule has 1 saturated heterocycles. The van der Waals surface area contributed by atoms with Gasteiger partial charge in [-0.05, 0) is 54.3 Å². The molecule has 22 heavy (non-hydrogen) atoms. The van der Waals surface area contributed by atoms with Crippen LogP contribution in [0, 0.1) is 0 Å². The number of hydrogen-bond acceptors (Lipinski definition) is 4. The van der Waals surface area contributed by atoms with Crippen molar-refractivity contribution in [1.82, 2.24) is 10.2 Å². The summed E-state index contributed by atoms with van der Waals surface area (Å²) in [7, 11) is 0. The SMILES string of the molecule is C[C@@H](NC(=O)c1ccco1)C(=O)N1CCC[C@H]1c1ccsc1. The van der Waals surface area contributed by atoms with Crippen molar-refractivity contribution in [2.45, 2.75) is 31.8 Å². The standard InChI is InChI=1S/C16H18N2O3S/c1-11(17-15(19)14-5-3-8-21-14)16(20)18-7-2-4-13(18)12-6-9-22-10-12/h3,5-6,8-11,13H,2,4,7H2,1H3,(H,17,19)/t11-,13+/m1/s1. The first kappa shape index (κ1) is 14.8. The Labute approximate surface area is 132 Å². The average Bonchev–Trinajstić information content (AvgIpc) is 3.26. The topological polar surface area (TPSA) is 62.6 Å². The molecular formula is C16H18N2O3S. The number of carbonyl (C=O) groups excluding carboxylic acids is 2. The lowest BCUT2D eigenvalue weighted by Crippen LogP contribution is -2.46. The number of rotatable bonds is 4. The van der Waals surface area contributed by atoms with Gasteiger partial charge in [0, 0.05) is 6.54 Å². The summed E-state index contributed by atoms with van der Waals surface area (Å²) in [5.41, 5.74) is 1.18. The second-order valence-electron chi connectivity index (χ2n) is 5.42. The summed E-state index contributed by atoms with van der Waals surface area (Å²) in [5.74, 6) is -0.193. The van der Waals surface area contributed by atoms with E-state index in [0.717, 1.165) is 19.4 Å². The van der Waals surface area contributed by atoms with Crippen LogP contribution in [0.15, 0.2) is 39.6 Å². The summed E-state index contributed by atoms with van der Waals surface area (Å²) in [6.07, 6.45) is 3.40. The van der Waals surface area contributed by atoms with E-state index in [9.17, 15) is 9.59 Å². The van der Waals surface area contributed by atoms with E-state index in [1.807, 2.05) is 10.3 Å². The second-order valence-corrected chi connectivity index (χ2v) is 6.20. The highest BCUT2D eigenvalue weighted by Crippen LogP contribution is 2.33. The molecule has 3 rings (SSSR count). The minimum Gasteiger partial charge on any atom is -0.459 e. The molecule has 6 heteroatoms. The third-order valence-corrected chi connectivity index (χ3v) is 4.63. The molecule has 2 atom stereocenters. The van der Waals surface area contributed by atoms with Crippen molar-refractivity contribution in [2.75, 3.05) is 6.54 Å². The number of likely N-dealkylation sites (tertiary alicyclic amines) is 1. The number of nitrogens with zero attached hydrogens (tertiary/aromatic N) is 1. The third kappa shape index (κ3) is 2.92. The molecule has 2 aromatic heterocycles. The third-order valence-electron chi connectivity index (χ3n) is 3.93. The predicted molar refractivity (Wildman–Crippen MR) is 83.6 cm³/mol. The van der Waals surface area contributed by atoms with E-state index in [1.165, 1.54) is 11.8 Å². The fraction of sp³-hybridized carbons (Fsp3) is 0.375. The smallest absolute Gasteiger partial charge is 0.287 e. The van der Waals surface area contributed by atoms with Crippen LogP contribution in [-0.4, -0.2) is 29.3 Å². The van der Waals surface area contributed by atoms with Gasteiger partial charge < -0.3 is 14.6 Å². The van der Waals surface area contributed by atoms with Crippen LogP contribution in [0.2, 0.25) is 0 Å². The fourth-order valence-corrected chi connectivity index (χ4v) is 3.53. The fourth-order valence-electron chi connectivity index (χ4n) is 2.83. The largest absolute Gasteiger partial charge is 0.459 e. The Kier molecular flexibility index (Phi) is 4.29. The number of amides is 2. The van der Waals surface area contributed by atoms with Crippen LogP contribution in [0.5, 0.6) is 0 Å². The van der Waals surface area contributed by atoms with E-state index in [0.29, 0.717) is 0 Å². The van der Waals surface area contributed by atoms with Crippen molar-refractivity contribution in [1.29, 1.82) is 0 Å². The van der Waals surface area contributed by atoms with Crippen LogP contribution in [-0.2, 0) is 4.79 Å². The molecule has 0 aliphatic carbocycles. The van der Waals surface area contributed by atoms with E-state index in [-0.39, 0.29) is 23.6 Å². The maximum atomic E-state index is 12.6. The van der Waals surface area contributed by atoms with Crippen LogP contribution in [0.25, 0.3) is 0 Å². The summed E-state index contributed by atoms with van der Waals surface area (Å²) in [6, 6.07) is 4.84. The van der Waals surface area contributed by atoms with Crippen LogP contribution in [0.3, 0.4) is 0 Å². The Morgan fingerprint density at radius 1 is 1.45 bits per heavy atom. The molecule has 2 amide bonds. The normalized spacial score (nSPS) is 19.1. The maximum Gasteiger partial charge on any atom is 0.287 e. The number of carbonyl (C=O) groups is 2. The molecular weight excluding hydrogens is 300 g/mol. The van der Waals surface area contributed by atoms with E-state index >= 15 is 0 Å². The van der Waals surface area contributed by atoms with Crippen LogP contribution in [0.4, 0.5) is 0 Å². The predicted octanol–water partition coefficient (Wildman–Crippen LogP) is 2.82.